The Balaban J connectivity index is 1.97. The van der Waals surface area contributed by atoms with E-state index in [1.807, 2.05) is 25.1 Å². The quantitative estimate of drug-likeness (QED) is 0.842. The molecule has 1 aliphatic heterocycles. The van der Waals surface area contributed by atoms with Gasteiger partial charge in [0.2, 0.25) is 0 Å². The molecular formula is C14H17BrN2O. The normalized spacial score (nSPS) is 15.1. The number of rotatable bonds is 3. The van der Waals surface area contributed by atoms with E-state index in [1.165, 1.54) is 5.57 Å². The molecule has 1 aromatic carbocycles. The van der Waals surface area contributed by atoms with Gasteiger partial charge < -0.3 is 10.6 Å². The van der Waals surface area contributed by atoms with E-state index in [-0.39, 0.29) is 5.91 Å². The van der Waals surface area contributed by atoms with E-state index in [0.29, 0.717) is 6.54 Å². The van der Waals surface area contributed by atoms with Gasteiger partial charge in [0.05, 0.1) is 0 Å². The zero-order valence-corrected chi connectivity index (χ0v) is 12.0. The fraction of sp³-hybridized carbons (Fsp3) is 0.357. The molecule has 2 rings (SSSR count). The van der Waals surface area contributed by atoms with Crippen LogP contribution in [0.25, 0.3) is 0 Å². The first-order chi connectivity index (χ1) is 8.66. The lowest BCUT2D eigenvalue weighted by Crippen LogP contribution is -2.30. The topological polar surface area (TPSA) is 41.1 Å². The summed E-state index contributed by atoms with van der Waals surface area (Å²) in [4.78, 5) is 12.1. The van der Waals surface area contributed by atoms with Crippen molar-refractivity contribution in [3.8, 4) is 0 Å². The van der Waals surface area contributed by atoms with Gasteiger partial charge in [0, 0.05) is 23.1 Å². The van der Waals surface area contributed by atoms with Crippen LogP contribution >= 0.6 is 15.9 Å². The molecule has 1 aromatic rings. The Labute approximate surface area is 116 Å². The fourth-order valence-electron chi connectivity index (χ4n) is 2.00. The first kappa shape index (κ1) is 13.3. The van der Waals surface area contributed by atoms with E-state index in [4.69, 9.17) is 0 Å². The van der Waals surface area contributed by atoms with Crippen molar-refractivity contribution in [1.82, 2.24) is 10.6 Å². The minimum absolute atomic E-state index is 0.000525. The summed E-state index contributed by atoms with van der Waals surface area (Å²) in [6.07, 6.45) is 3.16. The molecule has 0 atom stereocenters. The molecule has 1 amide bonds. The summed E-state index contributed by atoms with van der Waals surface area (Å²) < 4.78 is 0.998. The Kier molecular flexibility index (Phi) is 4.55. The van der Waals surface area contributed by atoms with Crippen LogP contribution in [0, 0.1) is 6.92 Å². The predicted octanol–water partition coefficient (Wildman–Crippen LogP) is 2.41. The summed E-state index contributed by atoms with van der Waals surface area (Å²) in [6, 6.07) is 5.70. The molecule has 96 valence electrons. The van der Waals surface area contributed by atoms with Gasteiger partial charge in [-0.15, -0.1) is 0 Å². The number of hydrogen-bond acceptors (Lipinski definition) is 2. The van der Waals surface area contributed by atoms with Gasteiger partial charge in [0.15, 0.2) is 0 Å². The van der Waals surface area contributed by atoms with Crippen molar-refractivity contribution in [3.63, 3.8) is 0 Å². The third-order valence-corrected chi connectivity index (χ3v) is 3.56. The van der Waals surface area contributed by atoms with Crippen molar-refractivity contribution >= 4 is 21.8 Å². The second kappa shape index (κ2) is 6.16. The average molecular weight is 309 g/mol. The fourth-order valence-corrected chi connectivity index (χ4v) is 2.48. The lowest BCUT2D eigenvalue weighted by molar-refractivity contribution is 0.0956. The highest BCUT2D eigenvalue weighted by Crippen LogP contribution is 2.15. The second-order valence-electron chi connectivity index (χ2n) is 4.46. The molecule has 0 saturated carbocycles. The molecule has 0 unspecified atom stereocenters. The van der Waals surface area contributed by atoms with Crippen molar-refractivity contribution in [2.45, 2.75) is 13.3 Å². The first-order valence-electron chi connectivity index (χ1n) is 6.10. The van der Waals surface area contributed by atoms with Crippen LogP contribution < -0.4 is 10.6 Å². The number of benzene rings is 1. The van der Waals surface area contributed by atoms with Crippen LogP contribution in [0.5, 0.6) is 0 Å². The molecule has 4 heteroatoms. The Morgan fingerprint density at radius 2 is 2.33 bits per heavy atom. The first-order valence-corrected chi connectivity index (χ1v) is 6.89. The summed E-state index contributed by atoms with van der Waals surface area (Å²) in [7, 11) is 0. The van der Waals surface area contributed by atoms with E-state index in [1.54, 1.807) is 0 Å². The van der Waals surface area contributed by atoms with E-state index < -0.39 is 0 Å². The summed E-state index contributed by atoms with van der Waals surface area (Å²) in [5.41, 5.74) is 3.03. The second-order valence-corrected chi connectivity index (χ2v) is 5.37. The monoisotopic (exact) mass is 308 g/mol. The van der Waals surface area contributed by atoms with Crippen molar-refractivity contribution < 1.29 is 4.79 Å². The van der Waals surface area contributed by atoms with Crippen molar-refractivity contribution in [1.29, 1.82) is 0 Å². The van der Waals surface area contributed by atoms with E-state index in [2.05, 4.69) is 32.6 Å². The minimum Gasteiger partial charge on any atom is -0.348 e. The molecule has 1 heterocycles. The zero-order valence-electron chi connectivity index (χ0n) is 10.4. The molecule has 18 heavy (non-hydrogen) atoms. The lowest BCUT2D eigenvalue weighted by atomic mass is 10.1. The van der Waals surface area contributed by atoms with Gasteiger partial charge in [0.25, 0.3) is 5.91 Å². The molecule has 0 aromatic heterocycles. The maximum atomic E-state index is 12.1. The minimum atomic E-state index is -0.000525. The Morgan fingerprint density at radius 3 is 3.00 bits per heavy atom. The summed E-state index contributed by atoms with van der Waals surface area (Å²) in [6.45, 7) is 4.50. The highest BCUT2D eigenvalue weighted by molar-refractivity contribution is 9.10. The van der Waals surface area contributed by atoms with Gasteiger partial charge in [0.1, 0.15) is 0 Å². The standard InChI is InChI=1S/C14H17BrN2O/c1-10-8-12(15)2-3-13(10)14(18)17-9-11-4-6-16-7-5-11/h2-4,8,16H,5-7,9H2,1H3,(H,17,18). The molecule has 2 N–H and O–H groups in total. The molecule has 0 aliphatic carbocycles. The number of carbonyl (C=O) groups excluding carboxylic acids is 1. The summed E-state index contributed by atoms with van der Waals surface area (Å²) in [5.74, 6) is -0.000525. The molecule has 0 fully saturated rings. The SMILES string of the molecule is Cc1cc(Br)ccc1C(=O)NCC1=CCNCC1. The van der Waals surface area contributed by atoms with Crippen LogP contribution in [-0.2, 0) is 0 Å². The van der Waals surface area contributed by atoms with Gasteiger partial charge in [-0.2, -0.15) is 0 Å². The third kappa shape index (κ3) is 3.43. The number of carbonyl (C=O) groups is 1. The average Bonchev–Trinajstić information content (AvgIpc) is 2.37. The third-order valence-electron chi connectivity index (χ3n) is 3.07. The highest BCUT2D eigenvalue weighted by Gasteiger charge is 2.10. The molecule has 0 radical (unpaired) electrons. The predicted molar refractivity (Wildman–Crippen MR) is 76.8 cm³/mol. The van der Waals surface area contributed by atoms with Gasteiger partial charge >= 0.3 is 0 Å². The Morgan fingerprint density at radius 1 is 1.50 bits per heavy atom. The van der Waals surface area contributed by atoms with Crippen molar-refractivity contribution in [2.75, 3.05) is 19.6 Å². The maximum Gasteiger partial charge on any atom is 0.251 e. The van der Waals surface area contributed by atoms with Gasteiger partial charge in [-0.05, 0) is 43.7 Å². The number of aryl methyl sites for hydroxylation is 1. The molecule has 0 saturated heterocycles. The molecule has 3 nitrogen and oxygen atoms in total. The molecule has 0 spiro atoms. The summed E-state index contributed by atoms with van der Waals surface area (Å²) in [5, 5.41) is 6.23. The van der Waals surface area contributed by atoms with Crippen LogP contribution in [0.15, 0.2) is 34.3 Å². The van der Waals surface area contributed by atoms with Crippen LogP contribution in [0.3, 0.4) is 0 Å². The number of nitrogens with one attached hydrogen (secondary N) is 2. The molecular weight excluding hydrogens is 292 g/mol. The molecule has 1 aliphatic rings. The van der Waals surface area contributed by atoms with Crippen LogP contribution in [0.1, 0.15) is 22.3 Å². The van der Waals surface area contributed by atoms with Gasteiger partial charge in [-0.3, -0.25) is 4.79 Å². The van der Waals surface area contributed by atoms with E-state index in [9.17, 15) is 4.79 Å². The van der Waals surface area contributed by atoms with Crippen LogP contribution in [0.4, 0.5) is 0 Å². The number of hydrogen-bond donors (Lipinski definition) is 2. The smallest absolute Gasteiger partial charge is 0.251 e. The van der Waals surface area contributed by atoms with E-state index >= 15 is 0 Å². The Hall–Kier alpha value is -1.13. The number of halogens is 1. The lowest BCUT2D eigenvalue weighted by Gasteiger charge is -2.15. The van der Waals surface area contributed by atoms with E-state index in [0.717, 1.165) is 35.1 Å². The van der Waals surface area contributed by atoms with Crippen LogP contribution in [0.2, 0.25) is 0 Å². The van der Waals surface area contributed by atoms with Gasteiger partial charge in [-0.1, -0.05) is 27.6 Å². The van der Waals surface area contributed by atoms with Crippen LogP contribution in [-0.4, -0.2) is 25.5 Å². The summed E-state index contributed by atoms with van der Waals surface area (Å²) >= 11 is 3.40. The molecule has 0 bridgehead atoms. The van der Waals surface area contributed by atoms with Gasteiger partial charge in [-0.25, -0.2) is 0 Å². The Bertz CT molecular complexity index is 483. The number of amides is 1. The van der Waals surface area contributed by atoms with Crippen molar-refractivity contribution in [2.24, 2.45) is 0 Å². The van der Waals surface area contributed by atoms with Crippen molar-refractivity contribution in [3.05, 3.63) is 45.4 Å². The maximum absolute atomic E-state index is 12.1. The zero-order chi connectivity index (χ0) is 13.0. The largest absolute Gasteiger partial charge is 0.348 e. The highest BCUT2D eigenvalue weighted by atomic mass is 79.9.